The maximum absolute atomic E-state index is 2.43. The fraction of sp³-hybridized carbons (Fsp3) is 0.474. The Morgan fingerprint density at radius 3 is 2.40 bits per heavy atom. The predicted octanol–water partition coefficient (Wildman–Crippen LogP) is 4.06. The summed E-state index contributed by atoms with van der Waals surface area (Å²) in [6.07, 6.45) is 12.6. The zero-order valence-electron chi connectivity index (χ0n) is 13.5. The Bertz CT molecular complexity index is 500. The second kappa shape index (κ2) is 7.08. The first kappa shape index (κ1) is 15.3. The first-order valence-electron chi connectivity index (χ1n) is 8.05. The van der Waals surface area contributed by atoms with Crippen LogP contribution in [0.3, 0.4) is 0 Å². The highest BCUT2D eigenvalue weighted by atomic mass is 28.2. The fourth-order valence-electron chi connectivity index (χ4n) is 3.34. The molecule has 0 N–H and O–H groups in total. The molecule has 0 saturated carbocycles. The van der Waals surface area contributed by atoms with Crippen LogP contribution in [0.1, 0.15) is 49.3 Å². The average Bonchev–Trinajstić information content (AvgIpc) is 2.81. The smallest absolute Gasteiger partial charge is 0.0778 e. The second-order valence-corrected chi connectivity index (χ2v) is 8.16. The number of hydrogen-bond acceptors (Lipinski definition) is 0. The van der Waals surface area contributed by atoms with E-state index in [-0.39, 0.29) is 9.52 Å². The van der Waals surface area contributed by atoms with Crippen LogP contribution in [0.2, 0.25) is 0 Å². The quantitative estimate of drug-likeness (QED) is 0.546. The average molecular weight is 285 g/mol. The number of unbranched alkanes of at least 4 members (excludes halogenated alkanes) is 2. The molecule has 1 atom stereocenters. The highest BCUT2D eigenvalue weighted by Crippen LogP contribution is 2.24. The fourth-order valence-corrected chi connectivity index (χ4v) is 5.37. The van der Waals surface area contributed by atoms with Crippen molar-refractivity contribution >= 4 is 14.7 Å². The summed E-state index contributed by atoms with van der Waals surface area (Å²) in [4.78, 5) is 0. The monoisotopic (exact) mass is 284 g/mol. The molecule has 0 saturated heterocycles. The minimum absolute atomic E-state index is 0.292. The molecule has 108 valence electrons. The summed E-state index contributed by atoms with van der Waals surface area (Å²) in [6.45, 7) is 9.07. The van der Waals surface area contributed by atoms with E-state index in [2.05, 4.69) is 58.1 Å². The Labute approximate surface area is 126 Å². The Morgan fingerprint density at radius 1 is 1.05 bits per heavy atom. The lowest BCUT2D eigenvalue weighted by Crippen LogP contribution is -2.25. The number of hydrogen-bond donors (Lipinski definition) is 0. The molecule has 20 heavy (non-hydrogen) atoms. The number of aryl methyl sites for hydroxylation is 3. The van der Waals surface area contributed by atoms with Crippen LogP contribution in [0.25, 0.3) is 0 Å². The van der Waals surface area contributed by atoms with Gasteiger partial charge in [0.15, 0.2) is 0 Å². The molecule has 0 aliphatic heterocycles. The lowest BCUT2D eigenvalue weighted by molar-refractivity contribution is 0.609. The van der Waals surface area contributed by atoms with E-state index in [9.17, 15) is 0 Å². The molecule has 0 aromatic heterocycles. The molecular weight excluding hydrogens is 256 g/mol. The SMILES string of the molecule is CCCCCC1C=CC=C1[SiH2]c1c(C)cc(C)cc1C. The molecular formula is C19H28Si. The van der Waals surface area contributed by atoms with Gasteiger partial charge in [-0.05, 0) is 33.1 Å². The van der Waals surface area contributed by atoms with Crippen molar-refractivity contribution in [2.45, 2.75) is 53.4 Å². The Kier molecular flexibility index (Phi) is 5.42. The van der Waals surface area contributed by atoms with Crippen molar-refractivity contribution in [1.29, 1.82) is 0 Å². The van der Waals surface area contributed by atoms with Gasteiger partial charge in [-0.25, -0.2) is 0 Å². The molecule has 0 bridgehead atoms. The van der Waals surface area contributed by atoms with E-state index in [0.717, 1.165) is 5.92 Å². The van der Waals surface area contributed by atoms with Crippen molar-refractivity contribution in [2.75, 3.05) is 0 Å². The van der Waals surface area contributed by atoms with Crippen LogP contribution >= 0.6 is 0 Å². The van der Waals surface area contributed by atoms with Gasteiger partial charge in [0.2, 0.25) is 0 Å². The van der Waals surface area contributed by atoms with E-state index in [1.807, 2.05) is 0 Å². The molecule has 1 aromatic rings. The first-order chi connectivity index (χ1) is 9.61. The largest absolute Gasteiger partial charge is 0.0838 e. The van der Waals surface area contributed by atoms with Gasteiger partial charge in [-0.2, -0.15) is 0 Å². The van der Waals surface area contributed by atoms with Crippen LogP contribution in [0.4, 0.5) is 0 Å². The third-order valence-electron chi connectivity index (χ3n) is 4.47. The van der Waals surface area contributed by atoms with Gasteiger partial charge in [-0.1, -0.05) is 83.6 Å². The van der Waals surface area contributed by atoms with Gasteiger partial charge < -0.3 is 0 Å². The third-order valence-corrected chi connectivity index (χ3v) is 7.11. The maximum atomic E-state index is 2.43. The van der Waals surface area contributed by atoms with Gasteiger partial charge in [0, 0.05) is 0 Å². The highest BCUT2D eigenvalue weighted by Gasteiger charge is 2.17. The summed E-state index contributed by atoms with van der Waals surface area (Å²) < 4.78 is 0. The Morgan fingerprint density at radius 2 is 1.75 bits per heavy atom. The molecule has 1 aliphatic carbocycles. The molecule has 0 radical (unpaired) electrons. The van der Waals surface area contributed by atoms with Gasteiger partial charge in [-0.3, -0.25) is 0 Å². The Balaban J connectivity index is 2.06. The molecule has 2 rings (SSSR count). The van der Waals surface area contributed by atoms with Crippen LogP contribution in [0.15, 0.2) is 35.6 Å². The predicted molar refractivity (Wildman–Crippen MR) is 93.7 cm³/mol. The molecule has 0 fully saturated rings. The van der Waals surface area contributed by atoms with Crippen molar-refractivity contribution in [1.82, 2.24) is 0 Å². The van der Waals surface area contributed by atoms with Gasteiger partial charge in [-0.15, -0.1) is 0 Å². The zero-order chi connectivity index (χ0) is 14.5. The van der Waals surface area contributed by atoms with E-state index >= 15 is 0 Å². The summed E-state index contributed by atoms with van der Waals surface area (Å²) >= 11 is 0. The van der Waals surface area contributed by atoms with E-state index in [4.69, 9.17) is 0 Å². The van der Waals surface area contributed by atoms with Gasteiger partial charge in [0.1, 0.15) is 0 Å². The molecule has 0 nitrogen and oxygen atoms in total. The van der Waals surface area contributed by atoms with Crippen LogP contribution in [-0.4, -0.2) is 9.52 Å². The van der Waals surface area contributed by atoms with Gasteiger partial charge >= 0.3 is 0 Å². The van der Waals surface area contributed by atoms with Crippen LogP contribution < -0.4 is 5.19 Å². The van der Waals surface area contributed by atoms with Crippen molar-refractivity contribution < 1.29 is 0 Å². The van der Waals surface area contributed by atoms with E-state index < -0.39 is 0 Å². The minimum atomic E-state index is -0.292. The standard InChI is InChI=1S/C19H28Si/c1-5-6-7-9-17-10-8-11-18(17)20-19-15(3)12-14(2)13-16(19)4/h8,10-13,17H,5-7,9,20H2,1-4H3. The lowest BCUT2D eigenvalue weighted by atomic mass is 10.0. The number of benzene rings is 1. The van der Waals surface area contributed by atoms with Gasteiger partial charge in [0.05, 0.1) is 9.52 Å². The topological polar surface area (TPSA) is 0 Å². The summed E-state index contributed by atoms with van der Waals surface area (Å²) in [5.41, 5.74) is 4.42. The second-order valence-electron chi connectivity index (χ2n) is 6.28. The highest BCUT2D eigenvalue weighted by molar-refractivity contribution is 6.62. The molecule has 0 heterocycles. The van der Waals surface area contributed by atoms with Crippen molar-refractivity contribution in [3.05, 3.63) is 52.2 Å². The molecule has 1 aliphatic rings. The zero-order valence-corrected chi connectivity index (χ0v) is 14.9. The normalized spacial score (nSPS) is 18.2. The van der Waals surface area contributed by atoms with Gasteiger partial charge in [0.25, 0.3) is 0 Å². The number of rotatable bonds is 6. The first-order valence-corrected chi connectivity index (χ1v) is 9.47. The molecule has 1 heteroatoms. The third kappa shape index (κ3) is 3.73. The minimum Gasteiger partial charge on any atom is -0.0778 e. The summed E-state index contributed by atoms with van der Waals surface area (Å²) in [5, 5.41) is 3.42. The van der Waals surface area contributed by atoms with E-state index in [0.29, 0.717) is 0 Å². The van der Waals surface area contributed by atoms with Crippen molar-refractivity contribution in [2.24, 2.45) is 5.92 Å². The lowest BCUT2D eigenvalue weighted by Gasteiger charge is -2.17. The molecule has 1 aromatic carbocycles. The van der Waals surface area contributed by atoms with Crippen LogP contribution in [-0.2, 0) is 0 Å². The van der Waals surface area contributed by atoms with Crippen molar-refractivity contribution in [3.63, 3.8) is 0 Å². The van der Waals surface area contributed by atoms with Crippen LogP contribution in [0, 0.1) is 26.7 Å². The van der Waals surface area contributed by atoms with E-state index in [1.54, 1.807) is 10.4 Å². The molecule has 1 unspecified atom stereocenters. The maximum Gasteiger partial charge on any atom is 0.0838 e. The van der Waals surface area contributed by atoms with E-state index in [1.165, 1.54) is 42.4 Å². The summed E-state index contributed by atoms with van der Waals surface area (Å²) in [6, 6.07) is 4.70. The van der Waals surface area contributed by atoms with Crippen molar-refractivity contribution in [3.8, 4) is 0 Å². The Hall–Kier alpha value is -1.08. The molecule has 0 spiro atoms. The van der Waals surface area contributed by atoms with Crippen LogP contribution in [0.5, 0.6) is 0 Å². The molecule has 0 amide bonds. The summed E-state index contributed by atoms with van der Waals surface area (Å²) in [7, 11) is -0.292. The summed E-state index contributed by atoms with van der Waals surface area (Å²) in [5.74, 6) is 0.744. The number of allylic oxidation sites excluding steroid dienone is 4.